The van der Waals surface area contributed by atoms with Crippen molar-refractivity contribution in [3.63, 3.8) is 0 Å². The highest BCUT2D eigenvalue weighted by atomic mass is 14.7. The Kier molecular flexibility index (Phi) is 0.678. The average molecular weight is 110 g/mol. The summed E-state index contributed by atoms with van der Waals surface area (Å²) in [6.45, 7) is 4.72. The number of rotatable bonds is 1. The quantitative estimate of drug-likeness (QED) is 0.486. The van der Waals surface area contributed by atoms with Crippen molar-refractivity contribution in [2.24, 2.45) is 17.3 Å². The van der Waals surface area contributed by atoms with Crippen LogP contribution < -0.4 is 0 Å². The van der Waals surface area contributed by atoms with Crippen LogP contribution in [0.15, 0.2) is 0 Å². The van der Waals surface area contributed by atoms with Crippen molar-refractivity contribution in [2.45, 2.75) is 33.1 Å². The molecule has 0 heteroatoms. The Morgan fingerprint density at radius 1 is 1.38 bits per heavy atom. The van der Waals surface area contributed by atoms with Crippen LogP contribution in [0.1, 0.15) is 33.1 Å². The molecule has 46 valence electrons. The van der Waals surface area contributed by atoms with Crippen molar-refractivity contribution < 1.29 is 0 Å². The summed E-state index contributed by atoms with van der Waals surface area (Å²) in [6.07, 6.45) is 4.66. The van der Waals surface area contributed by atoms with Gasteiger partial charge in [-0.15, -0.1) is 0 Å². The van der Waals surface area contributed by atoms with Gasteiger partial charge in [0.1, 0.15) is 0 Å². The molecular weight excluding hydrogens is 96.1 g/mol. The van der Waals surface area contributed by atoms with E-state index in [0.29, 0.717) is 0 Å². The van der Waals surface area contributed by atoms with Gasteiger partial charge in [-0.25, -0.2) is 0 Å². The van der Waals surface area contributed by atoms with Crippen molar-refractivity contribution in [1.29, 1.82) is 0 Å². The number of hydrogen-bond donors (Lipinski definition) is 0. The largest absolute Gasteiger partial charge is 0.0625 e. The van der Waals surface area contributed by atoms with Gasteiger partial charge in [0.15, 0.2) is 0 Å². The van der Waals surface area contributed by atoms with Gasteiger partial charge in [0, 0.05) is 0 Å². The maximum Gasteiger partial charge on any atom is -0.0263 e. The maximum absolute atomic E-state index is 2.36. The fourth-order valence-electron chi connectivity index (χ4n) is 2.06. The lowest BCUT2D eigenvalue weighted by Crippen LogP contribution is -1.91. The van der Waals surface area contributed by atoms with E-state index in [2.05, 4.69) is 13.8 Å². The van der Waals surface area contributed by atoms with Crippen LogP contribution in [-0.4, -0.2) is 0 Å². The summed E-state index contributed by atoms with van der Waals surface area (Å²) < 4.78 is 0. The molecule has 0 aromatic heterocycles. The van der Waals surface area contributed by atoms with Crippen molar-refractivity contribution in [1.82, 2.24) is 0 Å². The molecule has 0 amide bonds. The van der Waals surface area contributed by atoms with Gasteiger partial charge in [-0.05, 0) is 36.5 Å². The van der Waals surface area contributed by atoms with E-state index in [-0.39, 0.29) is 0 Å². The highest BCUT2D eigenvalue weighted by Crippen LogP contribution is 2.72. The Hall–Kier alpha value is 0. The molecule has 1 atom stereocenters. The van der Waals surface area contributed by atoms with E-state index in [4.69, 9.17) is 0 Å². The lowest BCUT2D eigenvalue weighted by Gasteiger charge is -1.98. The molecule has 1 spiro atoms. The summed E-state index contributed by atoms with van der Waals surface area (Å²) in [5, 5.41) is 0. The van der Waals surface area contributed by atoms with Crippen LogP contribution in [0.3, 0.4) is 0 Å². The van der Waals surface area contributed by atoms with Gasteiger partial charge in [0.2, 0.25) is 0 Å². The Labute approximate surface area is 51.3 Å². The molecule has 2 fully saturated rings. The molecule has 0 nitrogen and oxygen atoms in total. The van der Waals surface area contributed by atoms with Gasteiger partial charge in [0.05, 0.1) is 0 Å². The molecule has 0 aromatic rings. The average Bonchev–Trinajstić information content (AvgIpc) is 2.50. The molecule has 8 heavy (non-hydrogen) atoms. The first kappa shape index (κ1) is 4.84. The van der Waals surface area contributed by atoms with Crippen LogP contribution in [0.2, 0.25) is 0 Å². The van der Waals surface area contributed by atoms with E-state index in [1.807, 2.05) is 0 Å². The highest BCUT2D eigenvalue weighted by molar-refractivity contribution is 5.12. The molecule has 0 heterocycles. The molecule has 0 aliphatic heterocycles. The molecule has 0 saturated heterocycles. The van der Waals surface area contributed by atoms with E-state index < -0.39 is 0 Å². The lowest BCUT2D eigenvalue weighted by atomic mass is 10.1. The molecule has 0 N–H and O–H groups in total. The third-order valence-electron chi connectivity index (χ3n) is 2.95. The predicted octanol–water partition coefficient (Wildman–Crippen LogP) is 2.44. The summed E-state index contributed by atoms with van der Waals surface area (Å²) in [5.41, 5.74) is 0.939. The molecule has 0 aromatic carbocycles. The van der Waals surface area contributed by atoms with E-state index in [1.165, 1.54) is 0 Å². The van der Waals surface area contributed by atoms with Crippen LogP contribution in [0.5, 0.6) is 0 Å². The second kappa shape index (κ2) is 1.12. The Morgan fingerprint density at radius 2 is 2.00 bits per heavy atom. The summed E-state index contributed by atoms with van der Waals surface area (Å²) >= 11 is 0. The fourth-order valence-corrected chi connectivity index (χ4v) is 2.06. The first-order valence-electron chi connectivity index (χ1n) is 3.75. The second-order valence-electron chi connectivity index (χ2n) is 3.92. The second-order valence-corrected chi connectivity index (χ2v) is 3.92. The summed E-state index contributed by atoms with van der Waals surface area (Å²) in [6, 6.07) is 0. The molecule has 2 aliphatic carbocycles. The third-order valence-corrected chi connectivity index (χ3v) is 2.95. The SMILES string of the molecule is CC(C)C1CC12CC2. The van der Waals surface area contributed by atoms with Gasteiger partial charge < -0.3 is 0 Å². The van der Waals surface area contributed by atoms with Crippen LogP contribution >= 0.6 is 0 Å². The smallest absolute Gasteiger partial charge is 0.0263 e. The Bertz CT molecular complexity index is 109. The molecule has 0 bridgehead atoms. The normalized spacial score (nSPS) is 38.6. The maximum atomic E-state index is 2.36. The Balaban J connectivity index is 1.96. The zero-order valence-electron chi connectivity index (χ0n) is 5.78. The van der Waals surface area contributed by atoms with Gasteiger partial charge in [-0.3, -0.25) is 0 Å². The molecule has 0 radical (unpaired) electrons. The predicted molar refractivity (Wildman–Crippen MR) is 34.6 cm³/mol. The molecule has 2 aliphatic rings. The standard InChI is InChI=1S/C8H14/c1-6(2)7-5-8(7)3-4-8/h6-7H,3-5H2,1-2H3. The molecule has 2 rings (SSSR count). The van der Waals surface area contributed by atoms with Crippen LogP contribution in [-0.2, 0) is 0 Å². The lowest BCUT2D eigenvalue weighted by molar-refractivity contribution is 0.512. The van der Waals surface area contributed by atoms with Crippen molar-refractivity contribution in [3.05, 3.63) is 0 Å². The zero-order valence-corrected chi connectivity index (χ0v) is 5.78. The minimum atomic E-state index is 0.939. The van der Waals surface area contributed by atoms with E-state index >= 15 is 0 Å². The van der Waals surface area contributed by atoms with Crippen LogP contribution in [0, 0.1) is 17.3 Å². The Morgan fingerprint density at radius 3 is 2.12 bits per heavy atom. The fraction of sp³-hybridized carbons (Fsp3) is 1.00. The summed E-state index contributed by atoms with van der Waals surface area (Å²) in [7, 11) is 0. The van der Waals surface area contributed by atoms with E-state index in [9.17, 15) is 0 Å². The van der Waals surface area contributed by atoms with Gasteiger partial charge in [0.25, 0.3) is 0 Å². The first-order valence-corrected chi connectivity index (χ1v) is 3.75. The van der Waals surface area contributed by atoms with E-state index in [0.717, 1.165) is 17.3 Å². The van der Waals surface area contributed by atoms with Crippen molar-refractivity contribution in [2.75, 3.05) is 0 Å². The van der Waals surface area contributed by atoms with Crippen molar-refractivity contribution in [3.8, 4) is 0 Å². The van der Waals surface area contributed by atoms with E-state index in [1.54, 1.807) is 19.3 Å². The van der Waals surface area contributed by atoms with Crippen LogP contribution in [0.4, 0.5) is 0 Å². The monoisotopic (exact) mass is 110 g/mol. The molecule has 2 saturated carbocycles. The van der Waals surface area contributed by atoms with Crippen molar-refractivity contribution >= 4 is 0 Å². The minimum Gasteiger partial charge on any atom is -0.0625 e. The third kappa shape index (κ3) is 0.463. The number of hydrogen-bond acceptors (Lipinski definition) is 0. The van der Waals surface area contributed by atoms with Gasteiger partial charge >= 0.3 is 0 Å². The first-order chi connectivity index (χ1) is 3.75. The highest BCUT2D eigenvalue weighted by Gasteiger charge is 2.62. The molecule has 1 unspecified atom stereocenters. The van der Waals surface area contributed by atoms with Gasteiger partial charge in [-0.2, -0.15) is 0 Å². The minimum absolute atomic E-state index is 0.939. The summed E-state index contributed by atoms with van der Waals surface area (Å²) in [5.74, 6) is 2.10. The topological polar surface area (TPSA) is 0 Å². The van der Waals surface area contributed by atoms with Gasteiger partial charge in [-0.1, -0.05) is 13.8 Å². The zero-order chi connectivity index (χ0) is 5.78. The van der Waals surface area contributed by atoms with Crippen LogP contribution in [0.25, 0.3) is 0 Å². The summed E-state index contributed by atoms with van der Waals surface area (Å²) in [4.78, 5) is 0. The molecular formula is C8H14.